The van der Waals surface area contributed by atoms with Crippen molar-refractivity contribution in [1.82, 2.24) is 5.64 Å². The topological polar surface area (TPSA) is 64.6 Å². The second-order valence-corrected chi connectivity index (χ2v) is 3.69. The lowest BCUT2D eigenvalue weighted by molar-refractivity contribution is -0.0968. The van der Waals surface area contributed by atoms with Gasteiger partial charge >= 0.3 is 11.9 Å². The van der Waals surface area contributed by atoms with Crippen molar-refractivity contribution < 1.29 is 19.3 Å². The van der Waals surface area contributed by atoms with Crippen molar-refractivity contribution in [2.24, 2.45) is 0 Å². The van der Waals surface area contributed by atoms with Crippen molar-refractivity contribution >= 4 is 34.5 Å². The smallest absolute Gasteiger partial charge is 0.331 e. The summed E-state index contributed by atoms with van der Waals surface area (Å²) in [6.07, 6.45) is 0. The molecule has 2 rings (SSSR count). The van der Waals surface area contributed by atoms with Crippen LogP contribution in [0.3, 0.4) is 0 Å². The molecule has 1 aliphatic rings. The molecule has 0 unspecified atom stereocenters. The normalized spacial score (nSPS) is 15.2. The molecule has 0 fully saturated rings. The Morgan fingerprint density at radius 3 is 2.64 bits per heavy atom. The molecule has 1 aromatic rings. The molecule has 5 nitrogen and oxygen atoms in total. The van der Waals surface area contributed by atoms with E-state index in [1.165, 1.54) is 6.07 Å². The molecule has 0 atom stereocenters. The van der Waals surface area contributed by atoms with E-state index in [-0.39, 0.29) is 11.1 Å². The van der Waals surface area contributed by atoms with Crippen molar-refractivity contribution in [1.29, 1.82) is 0 Å². The first-order valence-electron chi connectivity index (χ1n) is 3.66. The van der Waals surface area contributed by atoms with Gasteiger partial charge in [0.1, 0.15) is 0 Å². The Labute approximate surface area is 92.4 Å². The molecule has 1 aromatic carbocycles. The molecule has 0 aliphatic carbocycles. The summed E-state index contributed by atoms with van der Waals surface area (Å²) in [6.45, 7) is 0. The Bertz CT molecular complexity index is 418. The molecule has 6 heteroatoms. The Morgan fingerprint density at radius 1 is 1.14 bits per heavy atom. The van der Waals surface area contributed by atoms with Crippen molar-refractivity contribution in [2.75, 3.05) is 0 Å². The monoisotopic (exact) mass is 305 g/mol. The first kappa shape index (κ1) is 9.41. The number of benzene rings is 1. The molecule has 0 saturated carbocycles. The van der Waals surface area contributed by atoms with E-state index in [0.717, 1.165) is 0 Å². The molecule has 1 N–H and O–H groups in total. The van der Waals surface area contributed by atoms with E-state index in [0.29, 0.717) is 3.57 Å². The molecule has 0 spiro atoms. The first-order valence-corrected chi connectivity index (χ1v) is 4.74. The maximum Gasteiger partial charge on any atom is 0.362 e. The fourth-order valence-corrected chi connectivity index (χ4v) is 1.82. The molecular formula is C8H4INO4. The lowest BCUT2D eigenvalue weighted by atomic mass is 10.1. The Morgan fingerprint density at radius 2 is 1.86 bits per heavy atom. The summed E-state index contributed by atoms with van der Waals surface area (Å²) in [5, 5.41) is 0. The fourth-order valence-electron chi connectivity index (χ4n) is 1.10. The molecule has 72 valence electrons. The number of halogens is 1. The predicted molar refractivity (Wildman–Crippen MR) is 53.1 cm³/mol. The van der Waals surface area contributed by atoms with Gasteiger partial charge in [0.2, 0.25) is 0 Å². The lowest BCUT2D eigenvalue weighted by Crippen LogP contribution is -2.18. The molecule has 0 aromatic heterocycles. The van der Waals surface area contributed by atoms with Gasteiger partial charge in [-0.15, -0.1) is 0 Å². The van der Waals surface area contributed by atoms with Gasteiger partial charge in [-0.1, -0.05) is 6.07 Å². The number of hydrogen-bond acceptors (Lipinski definition) is 5. The third-order valence-corrected chi connectivity index (χ3v) is 2.61. The lowest BCUT2D eigenvalue weighted by Gasteiger charge is -2.00. The van der Waals surface area contributed by atoms with Crippen LogP contribution in [0.2, 0.25) is 0 Å². The van der Waals surface area contributed by atoms with Crippen LogP contribution in [0.15, 0.2) is 18.2 Å². The number of hydrogen-bond donors (Lipinski definition) is 1. The average Bonchev–Trinajstić information content (AvgIpc) is 2.29. The van der Waals surface area contributed by atoms with Crippen molar-refractivity contribution in [3.63, 3.8) is 0 Å². The van der Waals surface area contributed by atoms with Crippen LogP contribution in [0.5, 0.6) is 0 Å². The van der Waals surface area contributed by atoms with Gasteiger partial charge in [-0.2, -0.15) is 0 Å². The summed E-state index contributed by atoms with van der Waals surface area (Å²) in [5.74, 6) is -1.26. The molecule has 1 heterocycles. The minimum absolute atomic E-state index is 0.201. The van der Waals surface area contributed by atoms with Crippen LogP contribution >= 0.6 is 22.6 Å². The van der Waals surface area contributed by atoms with Gasteiger partial charge in [0.05, 0.1) is 11.1 Å². The van der Waals surface area contributed by atoms with Crippen molar-refractivity contribution in [3.8, 4) is 0 Å². The predicted octanol–water partition coefficient (Wildman–Crippen LogP) is 1.04. The van der Waals surface area contributed by atoms with Crippen LogP contribution in [0, 0.1) is 3.57 Å². The van der Waals surface area contributed by atoms with Gasteiger partial charge in [0.15, 0.2) is 0 Å². The average molecular weight is 305 g/mol. The second kappa shape index (κ2) is 3.54. The Kier molecular flexibility index (Phi) is 2.38. The highest BCUT2D eigenvalue weighted by Crippen LogP contribution is 2.20. The summed E-state index contributed by atoms with van der Waals surface area (Å²) < 4.78 is 0.644. The summed E-state index contributed by atoms with van der Waals surface area (Å²) in [7, 11) is 0. The number of fused-ring (bicyclic) bond motifs is 1. The maximum absolute atomic E-state index is 11.4. The van der Waals surface area contributed by atoms with Gasteiger partial charge in [-0.25, -0.2) is 9.59 Å². The third-order valence-electron chi connectivity index (χ3n) is 1.71. The summed E-state index contributed by atoms with van der Waals surface area (Å²) in [4.78, 5) is 31.5. The van der Waals surface area contributed by atoms with E-state index in [1.807, 2.05) is 28.2 Å². The molecular weight excluding hydrogens is 301 g/mol. The van der Waals surface area contributed by atoms with E-state index in [9.17, 15) is 9.59 Å². The van der Waals surface area contributed by atoms with E-state index >= 15 is 0 Å². The Balaban J connectivity index is 2.65. The van der Waals surface area contributed by atoms with Crippen molar-refractivity contribution in [2.45, 2.75) is 0 Å². The van der Waals surface area contributed by atoms with Crippen LogP contribution in [0.25, 0.3) is 0 Å². The van der Waals surface area contributed by atoms with Crippen LogP contribution in [0.1, 0.15) is 20.7 Å². The highest BCUT2D eigenvalue weighted by atomic mass is 127. The van der Waals surface area contributed by atoms with Gasteiger partial charge < -0.3 is 9.68 Å². The molecule has 0 amide bonds. The van der Waals surface area contributed by atoms with E-state index in [4.69, 9.17) is 0 Å². The first-order chi connectivity index (χ1) is 6.70. The van der Waals surface area contributed by atoms with Gasteiger partial charge in [-0.3, -0.25) is 0 Å². The highest BCUT2D eigenvalue weighted by Gasteiger charge is 2.26. The van der Waals surface area contributed by atoms with Crippen LogP contribution in [-0.4, -0.2) is 11.9 Å². The van der Waals surface area contributed by atoms with E-state index < -0.39 is 11.9 Å². The zero-order valence-corrected chi connectivity index (χ0v) is 8.90. The molecule has 0 bridgehead atoms. The van der Waals surface area contributed by atoms with Gasteiger partial charge in [0, 0.05) is 9.21 Å². The zero-order valence-electron chi connectivity index (χ0n) is 6.74. The standard InChI is InChI=1S/C8H4INO4/c9-5-3-1-2-4-6(5)8(12)14-10-13-7(4)11/h1-3,10H. The fraction of sp³-hybridized carbons (Fsp3) is 0. The molecule has 1 aliphatic heterocycles. The van der Waals surface area contributed by atoms with E-state index in [2.05, 4.69) is 9.68 Å². The largest absolute Gasteiger partial charge is 0.362 e. The minimum Gasteiger partial charge on any atom is -0.331 e. The third kappa shape index (κ3) is 1.46. The van der Waals surface area contributed by atoms with E-state index in [1.54, 1.807) is 12.1 Å². The SMILES string of the molecule is O=C1ONOC(=O)c2c(I)cccc21. The maximum atomic E-state index is 11.4. The van der Waals surface area contributed by atoms with Crippen molar-refractivity contribution in [3.05, 3.63) is 32.9 Å². The second-order valence-electron chi connectivity index (χ2n) is 2.52. The quantitative estimate of drug-likeness (QED) is 0.726. The van der Waals surface area contributed by atoms with Crippen LogP contribution in [0.4, 0.5) is 0 Å². The highest BCUT2D eigenvalue weighted by molar-refractivity contribution is 14.1. The number of nitrogens with one attached hydrogen (secondary N) is 1. The van der Waals surface area contributed by atoms with Crippen LogP contribution < -0.4 is 5.64 Å². The summed E-state index contributed by atoms with van der Waals surface area (Å²) in [5.41, 5.74) is 2.24. The zero-order chi connectivity index (χ0) is 10.1. The number of carbonyl (C=O) groups is 2. The minimum atomic E-state index is -0.635. The molecule has 14 heavy (non-hydrogen) atoms. The number of rotatable bonds is 0. The number of carbonyl (C=O) groups excluding carboxylic acids is 2. The van der Waals surface area contributed by atoms with Crippen LogP contribution in [-0.2, 0) is 9.68 Å². The summed E-state index contributed by atoms with van der Waals surface area (Å²) in [6, 6.07) is 4.88. The Hall–Kier alpha value is -1.15. The molecule has 0 radical (unpaired) electrons. The van der Waals surface area contributed by atoms with Gasteiger partial charge in [0.25, 0.3) is 0 Å². The van der Waals surface area contributed by atoms with Gasteiger partial charge in [-0.05, 0) is 34.7 Å². The summed E-state index contributed by atoms with van der Waals surface area (Å²) >= 11 is 1.95. The molecule has 0 saturated heterocycles.